The summed E-state index contributed by atoms with van der Waals surface area (Å²) in [5.74, 6) is -5.15. The number of rotatable bonds is 9. The zero-order valence-electron chi connectivity index (χ0n) is 28.1. The van der Waals surface area contributed by atoms with Gasteiger partial charge in [-0.3, -0.25) is 4.79 Å². The molecule has 15 heteroatoms. The first-order chi connectivity index (χ1) is 25.8. The standard InChI is InChI=1S/C39H32O15/c1-19-35(52-30(46)14-6-20-2-9-23(40)10-3-20)38(53-31(47)15-7-21-4-11-24(41)12-5-21)34(49)39(50-19)54-37-33(48)32-28(45)17-25(42)18-29(32)51-36(37)22-8-13-26(43)27(44)16-22/h2-19,34-35,38-45,49H,1H3/t19-,34+,35-,38-,39-/m0/s1. The fraction of sp³-hybridized carbons (Fsp3) is 0.154. The minimum Gasteiger partial charge on any atom is -0.508 e. The zero-order chi connectivity index (χ0) is 38.7. The van der Waals surface area contributed by atoms with Crippen LogP contribution >= 0.6 is 0 Å². The maximum Gasteiger partial charge on any atom is 0.331 e. The highest BCUT2D eigenvalue weighted by molar-refractivity contribution is 5.89. The quantitative estimate of drug-likeness (QED) is 0.0628. The highest BCUT2D eigenvalue weighted by Gasteiger charge is 2.49. The molecule has 1 saturated heterocycles. The van der Waals surface area contributed by atoms with Gasteiger partial charge in [0, 0.05) is 29.8 Å². The van der Waals surface area contributed by atoms with E-state index in [1.807, 2.05) is 0 Å². The molecule has 7 N–H and O–H groups in total. The second kappa shape index (κ2) is 15.3. The molecule has 0 aliphatic carbocycles. The van der Waals surface area contributed by atoms with E-state index in [2.05, 4.69) is 0 Å². The molecular weight excluding hydrogens is 708 g/mol. The second-order valence-corrected chi connectivity index (χ2v) is 12.1. The third-order valence-corrected chi connectivity index (χ3v) is 8.25. The topological polar surface area (TPSA) is 243 Å². The Labute approximate surface area is 305 Å². The van der Waals surface area contributed by atoms with Gasteiger partial charge in [0.05, 0.1) is 6.10 Å². The summed E-state index contributed by atoms with van der Waals surface area (Å²) in [7, 11) is 0. The summed E-state index contributed by atoms with van der Waals surface area (Å²) >= 11 is 0. The number of hydrogen-bond donors (Lipinski definition) is 7. The molecule has 0 bridgehead atoms. The highest BCUT2D eigenvalue weighted by atomic mass is 16.7. The van der Waals surface area contributed by atoms with E-state index in [-0.39, 0.29) is 28.4 Å². The first-order valence-corrected chi connectivity index (χ1v) is 16.2. The van der Waals surface area contributed by atoms with E-state index in [0.717, 1.165) is 36.4 Å². The molecule has 0 spiro atoms. The molecule has 2 heterocycles. The van der Waals surface area contributed by atoms with Gasteiger partial charge in [-0.1, -0.05) is 24.3 Å². The molecule has 1 aliphatic heterocycles. The summed E-state index contributed by atoms with van der Waals surface area (Å²) in [5.41, 5.74) is -0.248. The molecule has 6 rings (SSSR count). The Morgan fingerprint density at radius 2 is 1.26 bits per heavy atom. The first kappa shape index (κ1) is 36.8. The number of aromatic hydroxyl groups is 6. The number of phenols is 6. The molecule has 5 atom stereocenters. The maximum absolute atomic E-state index is 13.9. The summed E-state index contributed by atoms with van der Waals surface area (Å²) in [4.78, 5) is 40.0. The van der Waals surface area contributed by atoms with Crippen molar-refractivity contribution in [3.63, 3.8) is 0 Å². The lowest BCUT2D eigenvalue weighted by Crippen LogP contribution is -2.61. The van der Waals surface area contributed by atoms with E-state index >= 15 is 0 Å². The van der Waals surface area contributed by atoms with Crippen LogP contribution in [0.4, 0.5) is 0 Å². The van der Waals surface area contributed by atoms with E-state index in [1.54, 1.807) is 12.1 Å². The van der Waals surface area contributed by atoms with Gasteiger partial charge in [-0.2, -0.15) is 0 Å². The van der Waals surface area contributed by atoms with E-state index in [0.29, 0.717) is 11.1 Å². The Kier molecular flexibility index (Phi) is 10.4. The number of ether oxygens (including phenoxy) is 4. The van der Waals surface area contributed by atoms with Gasteiger partial charge in [0.25, 0.3) is 0 Å². The first-order valence-electron chi connectivity index (χ1n) is 16.2. The normalized spacial score (nSPS) is 19.9. The Morgan fingerprint density at radius 1 is 0.685 bits per heavy atom. The summed E-state index contributed by atoms with van der Waals surface area (Å²) in [5, 5.41) is 71.0. The van der Waals surface area contributed by atoms with Crippen molar-refractivity contribution < 1.29 is 68.7 Å². The predicted octanol–water partition coefficient (Wildman–Crippen LogP) is 4.43. The number of benzene rings is 4. The lowest BCUT2D eigenvalue weighted by Gasteiger charge is -2.41. The van der Waals surface area contributed by atoms with Gasteiger partial charge in [-0.05, 0) is 72.7 Å². The SMILES string of the molecule is C[C@@H]1O[C@@H](Oc2c(-c3ccc(O)c(O)c3)oc3cc(O)cc(O)c3c2=O)[C@H](O)[C@H](OC(=O)C=Cc2ccc(O)cc2)[C@H]1OC(=O)C=Cc1ccc(O)cc1. The Morgan fingerprint density at radius 3 is 1.83 bits per heavy atom. The molecule has 54 heavy (non-hydrogen) atoms. The van der Waals surface area contributed by atoms with Crippen LogP contribution < -0.4 is 10.2 Å². The summed E-state index contributed by atoms with van der Waals surface area (Å²) in [6.07, 6.45) is -3.22. The Hall–Kier alpha value is -6.97. The molecule has 278 valence electrons. The van der Waals surface area contributed by atoms with Crippen LogP contribution in [0, 0.1) is 0 Å². The minimum atomic E-state index is -1.96. The summed E-state index contributed by atoms with van der Waals surface area (Å²) in [6, 6.07) is 17.1. The average Bonchev–Trinajstić information content (AvgIpc) is 3.13. The van der Waals surface area contributed by atoms with Crippen molar-refractivity contribution in [1.29, 1.82) is 0 Å². The number of hydrogen-bond acceptors (Lipinski definition) is 15. The number of aliphatic hydroxyl groups excluding tert-OH is 1. The van der Waals surface area contributed by atoms with E-state index in [9.17, 15) is 50.1 Å². The van der Waals surface area contributed by atoms with Crippen molar-refractivity contribution in [2.24, 2.45) is 0 Å². The fourth-order valence-electron chi connectivity index (χ4n) is 5.58. The van der Waals surface area contributed by atoms with Crippen LogP contribution in [-0.2, 0) is 23.8 Å². The molecule has 0 unspecified atom stereocenters. The summed E-state index contributed by atoms with van der Waals surface area (Å²) in [6.45, 7) is 1.42. The van der Waals surface area contributed by atoms with Crippen molar-refractivity contribution >= 4 is 35.1 Å². The van der Waals surface area contributed by atoms with Gasteiger partial charge in [-0.15, -0.1) is 0 Å². The molecule has 5 aromatic rings. The van der Waals surface area contributed by atoms with Crippen LogP contribution in [0.1, 0.15) is 18.1 Å². The number of esters is 2. The zero-order valence-corrected chi connectivity index (χ0v) is 28.1. The number of carbonyl (C=O) groups is 2. The summed E-state index contributed by atoms with van der Waals surface area (Å²) < 4.78 is 28.9. The van der Waals surface area contributed by atoms with Crippen molar-refractivity contribution in [2.45, 2.75) is 37.6 Å². The minimum absolute atomic E-state index is 0.00313. The van der Waals surface area contributed by atoms with Crippen molar-refractivity contribution in [1.82, 2.24) is 0 Å². The van der Waals surface area contributed by atoms with Crippen molar-refractivity contribution in [2.75, 3.05) is 0 Å². The lowest BCUT2D eigenvalue weighted by molar-refractivity contribution is -0.275. The predicted molar refractivity (Wildman–Crippen MR) is 190 cm³/mol. The molecule has 0 amide bonds. The van der Waals surface area contributed by atoms with Gasteiger partial charge in [0.2, 0.25) is 17.5 Å². The molecule has 1 aromatic heterocycles. The van der Waals surface area contributed by atoms with Gasteiger partial charge in [0.1, 0.15) is 34.0 Å². The Balaban J connectivity index is 1.35. The van der Waals surface area contributed by atoms with Crippen LogP contribution in [0.3, 0.4) is 0 Å². The molecule has 1 aliphatic rings. The average molecular weight is 741 g/mol. The molecule has 0 radical (unpaired) electrons. The van der Waals surface area contributed by atoms with E-state index in [1.165, 1.54) is 61.5 Å². The van der Waals surface area contributed by atoms with Crippen LogP contribution in [-0.4, -0.2) is 78.4 Å². The van der Waals surface area contributed by atoms with Gasteiger partial charge in [-0.25, -0.2) is 9.59 Å². The smallest absolute Gasteiger partial charge is 0.331 e. The number of aliphatic hydroxyl groups is 1. The molecule has 15 nitrogen and oxygen atoms in total. The largest absolute Gasteiger partial charge is 0.508 e. The van der Waals surface area contributed by atoms with Crippen molar-refractivity contribution in [3.8, 4) is 51.6 Å². The van der Waals surface area contributed by atoms with Crippen molar-refractivity contribution in [3.05, 3.63) is 112 Å². The van der Waals surface area contributed by atoms with Gasteiger partial charge in [0.15, 0.2) is 35.6 Å². The highest BCUT2D eigenvalue weighted by Crippen LogP contribution is 2.39. The van der Waals surface area contributed by atoms with Crippen LogP contribution in [0.15, 0.2) is 100 Å². The Bertz CT molecular complexity index is 2310. The molecule has 1 fully saturated rings. The van der Waals surface area contributed by atoms with E-state index in [4.69, 9.17) is 23.4 Å². The van der Waals surface area contributed by atoms with Crippen LogP contribution in [0.2, 0.25) is 0 Å². The molecule has 4 aromatic carbocycles. The van der Waals surface area contributed by atoms with Gasteiger partial charge >= 0.3 is 11.9 Å². The van der Waals surface area contributed by atoms with Crippen LogP contribution in [0.5, 0.6) is 40.2 Å². The number of carbonyl (C=O) groups excluding carboxylic acids is 2. The third kappa shape index (κ3) is 8.07. The fourth-order valence-corrected chi connectivity index (χ4v) is 5.58. The molecule has 0 saturated carbocycles. The second-order valence-electron chi connectivity index (χ2n) is 12.1. The number of fused-ring (bicyclic) bond motifs is 1. The van der Waals surface area contributed by atoms with Crippen LogP contribution in [0.25, 0.3) is 34.4 Å². The number of phenolic OH excluding ortho intramolecular Hbond substituents is 6. The van der Waals surface area contributed by atoms with Gasteiger partial charge < -0.3 is 59.1 Å². The monoisotopic (exact) mass is 740 g/mol. The van der Waals surface area contributed by atoms with E-state index < -0.39 is 82.2 Å². The molecular formula is C39H32O15. The maximum atomic E-state index is 13.9. The third-order valence-electron chi connectivity index (χ3n) is 8.25. The lowest BCUT2D eigenvalue weighted by atomic mass is 9.99.